The maximum Gasteiger partial charge on any atom is 0.227 e. The van der Waals surface area contributed by atoms with Gasteiger partial charge in [-0.1, -0.05) is 52.4 Å². The Kier molecular flexibility index (Phi) is 9.68. The third-order valence-electron chi connectivity index (χ3n) is 5.61. The summed E-state index contributed by atoms with van der Waals surface area (Å²) in [5.74, 6) is 0.417. The Balaban J connectivity index is 0.000000380. The van der Waals surface area contributed by atoms with Gasteiger partial charge < -0.3 is 15.5 Å². The first-order valence-corrected chi connectivity index (χ1v) is 11.0. The van der Waals surface area contributed by atoms with Gasteiger partial charge in [-0.3, -0.25) is 4.79 Å². The van der Waals surface area contributed by atoms with Crippen LogP contribution in [0.4, 0.5) is 11.4 Å². The zero-order valence-electron chi connectivity index (χ0n) is 17.7. The molecular weight excluding hydrogens is 334 g/mol. The van der Waals surface area contributed by atoms with Crippen LogP contribution in [0, 0.1) is 12.8 Å². The van der Waals surface area contributed by atoms with E-state index < -0.39 is 0 Å². The van der Waals surface area contributed by atoms with E-state index in [1.165, 1.54) is 49.8 Å². The van der Waals surface area contributed by atoms with Gasteiger partial charge in [0.1, 0.15) is 0 Å². The first-order chi connectivity index (χ1) is 13.2. The number of unbranched alkanes of at least 4 members (excludes halogenated alkanes) is 3. The number of anilines is 2. The Morgan fingerprint density at radius 3 is 2.30 bits per heavy atom. The lowest BCUT2D eigenvalue weighted by Crippen LogP contribution is -2.43. The lowest BCUT2D eigenvalue weighted by Gasteiger charge is -2.31. The van der Waals surface area contributed by atoms with Gasteiger partial charge in [0.2, 0.25) is 5.91 Å². The van der Waals surface area contributed by atoms with Crippen LogP contribution in [0.15, 0.2) is 18.2 Å². The predicted octanol–water partition coefficient (Wildman–Crippen LogP) is 5.12. The van der Waals surface area contributed by atoms with Crippen molar-refractivity contribution in [1.29, 1.82) is 0 Å². The van der Waals surface area contributed by atoms with Crippen molar-refractivity contribution in [3.05, 3.63) is 23.8 Å². The van der Waals surface area contributed by atoms with Gasteiger partial charge in [-0.25, -0.2) is 0 Å². The Labute approximate surface area is 166 Å². The summed E-state index contributed by atoms with van der Waals surface area (Å²) in [5, 5.41) is 6.46. The zero-order valence-corrected chi connectivity index (χ0v) is 17.7. The molecule has 1 aromatic carbocycles. The van der Waals surface area contributed by atoms with E-state index in [-0.39, 0.29) is 11.8 Å². The van der Waals surface area contributed by atoms with Crippen molar-refractivity contribution in [2.24, 2.45) is 5.92 Å². The van der Waals surface area contributed by atoms with Gasteiger partial charge >= 0.3 is 0 Å². The maximum atomic E-state index is 12.2. The smallest absolute Gasteiger partial charge is 0.227 e. The van der Waals surface area contributed by atoms with Crippen LogP contribution in [0.3, 0.4) is 0 Å². The van der Waals surface area contributed by atoms with E-state index in [9.17, 15) is 4.79 Å². The number of piperazine rings is 1. The molecule has 0 radical (unpaired) electrons. The molecule has 0 unspecified atom stereocenters. The molecule has 1 saturated heterocycles. The monoisotopic (exact) mass is 373 g/mol. The summed E-state index contributed by atoms with van der Waals surface area (Å²) >= 11 is 0. The minimum atomic E-state index is 0.196. The Bertz CT molecular complexity index is 557. The maximum absolute atomic E-state index is 12.2. The summed E-state index contributed by atoms with van der Waals surface area (Å²) in [7, 11) is 0. The van der Waals surface area contributed by atoms with Crippen molar-refractivity contribution in [2.75, 3.05) is 36.4 Å². The molecule has 1 heterocycles. The second-order valence-electron chi connectivity index (χ2n) is 7.92. The van der Waals surface area contributed by atoms with E-state index >= 15 is 0 Å². The highest BCUT2D eigenvalue weighted by atomic mass is 16.1. The molecule has 4 nitrogen and oxygen atoms in total. The molecule has 27 heavy (non-hydrogen) atoms. The number of rotatable bonds is 6. The van der Waals surface area contributed by atoms with Crippen LogP contribution in [0.5, 0.6) is 0 Å². The van der Waals surface area contributed by atoms with Gasteiger partial charge in [-0.2, -0.15) is 0 Å². The number of hydrogen-bond donors (Lipinski definition) is 2. The fourth-order valence-electron chi connectivity index (χ4n) is 3.93. The van der Waals surface area contributed by atoms with E-state index in [0.29, 0.717) is 0 Å². The van der Waals surface area contributed by atoms with Crippen molar-refractivity contribution >= 4 is 17.3 Å². The fraction of sp³-hybridized carbons (Fsp3) is 0.696. The highest BCUT2D eigenvalue weighted by Crippen LogP contribution is 2.28. The van der Waals surface area contributed by atoms with Crippen LogP contribution < -0.4 is 15.5 Å². The SMILES string of the molecule is CCCCCC.Cc1cc(NC(=O)C2CCCC2)ccc1N1CCNCC1. The first-order valence-electron chi connectivity index (χ1n) is 11.0. The van der Waals surface area contributed by atoms with Crippen LogP contribution in [-0.2, 0) is 4.79 Å². The Hall–Kier alpha value is -1.55. The molecule has 2 aliphatic rings. The second-order valence-corrected chi connectivity index (χ2v) is 7.92. The molecule has 1 amide bonds. The van der Waals surface area contributed by atoms with Gasteiger partial charge in [-0.15, -0.1) is 0 Å². The topological polar surface area (TPSA) is 44.4 Å². The fourth-order valence-corrected chi connectivity index (χ4v) is 3.93. The number of nitrogens with one attached hydrogen (secondary N) is 2. The van der Waals surface area contributed by atoms with Crippen molar-refractivity contribution < 1.29 is 4.79 Å². The summed E-state index contributed by atoms with van der Waals surface area (Å²) < 4.78 is 0. The average molecular weight is 374 g/mol. The number of carbonyl (C=O) groups is 1. The van der Waals surface area contributed by atoms with Gasteiger partial charge in [0, 0.05) is 43.5 Å². The van der Waals surface area contributed by atoms with Crippen LogP contribution in [0.2, 0.25) is 0 Å². The molecule has 4 heteroatoms. The molecule has 2 N–H and O–H groups in total. The van der Waals surface area contributed by atoms with E-state index in [4.69, 9.17) is 0 Å². The molecule has 2 fully saturated rings. The first kappa shape index (κ1) is 21.7. The molecule has 0 atom stereocenters. The van der Waals surface area contributed by atoms with Crippen molar-refractivity contribution in [3.63, 3.8) is 0 Å². The van der Waals surface area contributed by atoms with Crippen LogP contribution in [0.1, 0.15) is 70.8 Å². The lowest BCUT2D eigenvalue weighted by atomic mass is 10.1. The third kappa shape index (κ3) is 7.17. The molecule has 152 valence electrons. The summed E-state index contributed by atoms with van der Waals surface area (Å²) in [5.41, 5.74) is 3.46. The van der Waals surface area contributed by atoms with Crippen molar-refractivity contribution in [1.82, 2.24) is 5.32 Å². The second kappa shape index (κ2) is 12.0. The van der Waals surface area contributed by atoms with Crippen LogP contribution >= 0.6 is 0 Å². The number of benzene rings is 1. The Morgan fingerprint density at radius 1 is 1.11 bits per heavy atom. The summed E-state index contributed by atoms with van der Waals surface area (Å²) in [6.45, 7) is 10.8. The molecule has 0 bridgehead atoms. The van der Waals surface area contributed by atoms with Crippen LogP contribution in [-0.4, -0.2) is 32.1 Å². The number of aryl methyl sites for hydroxylation is 1. The predicted molar refractivity (Wildman–Crippen MR) is 117 cm³/mol. The number of carbonyl (C=O) groups excluding carboxylic acids is 1. The lowest BCUT2D eigenvalue weighted by molar-refractivity contribution is -0.119. The summed E-state index contributed by atoms with van der Waals surface area (Å²) in [6.07, 6.45) is 10.0. The van der Waals surface area contributed by atoms with Gasteiger partial charge in [0.05, 0.1) is 0 Å². The normalized spacial score (nSPS) is 17.4. The highest BCUT2D eigenvalue weighted by molar-refractivity contribution is 5.93. The van der Waals surface area contributed by atoms with E-state index in [2.05, 4.69) is 48.4 Å². The largest absolute Gasteiger partial charge is 0.369 e. The minimum absolute atomic E-state index is 0.196. The molecule has 3 rings (SSSR count). The Morgan fingerprint density at radius 2 is 1.74 bits per heavy atom. The summed E-state index contributed by atoms with van der Waals surface area (Å²) in [6, 6.07) is 6.28. The summed E-state index contributed by atoms with van der Waals surface area (Å²) in [4.78, 5) is 14.6. The average Bonchev–Trinajstić information content (AvgIpc) is 3.23. The van der Waals surface area contributed by atoms with Crippen molar-refractivity contribution in [2.45, 2.75) is 72.1 Å². The van der Waals surface area contributed by atoms with Gasteiger partial charge in [0.15, 0.2) is 0 Å². The molecular formula is C23H39N3O. The molecule has 1 aliphatic heterocycles. The highest BCUT2D eigenvalue weighted by Gasteiger charge is 2.22. The number of nitrogens with zero attached hydrogens (tertiary/aromatic N) is 1. The van der Waals surface area contributed by atoms with Gasteiger partial charge in [-0.05, 0) is 43.5 Å². The van der Waals surface area contributed by atoms with E-state index in [1.807, 2.05) is 6.07 Å². The minimum Gasteiger partial charge on any atom is -0.369 e. The molecule has 0 aromatic heterocycles. The number of amides is 1. The van der Waals surface area contributed by atoms with Gasteiger partial charge in [0.25, 0.3) is 0 Å². The number of hydrogen-bond acceptors (Lipinski definition) is 3. The quantitative estimate of drug-likeness (QED) is 0.680. The van der Waals surface area contributed by atoms with Crippen LogP contribution in [0.25, 0.3) is 0 Å². The van der Waals surface area contributed by atoms with E-state index in [0.717, 1.165) is 44.7 Å². The standard InChI is InChI=1S/C17H25N3O.C6H14/c1-13-12-15(19-17(21)14-4-2-3-5-14)6-7-16(13)20-10-8-18-9-11-20;1-3-5-6-4-2/h6-7,12,14,18H,2-5,8-11H2,1H3,(H,19,21);3-6H2,1-2H3. The zero-order chi connectivity index (χ0) is 19.5. The third-order valence-corrected chi connectivity index (χ3v) is 5.61. The molecule has 0 spiro atoms. The molecule has 1 aliphatic carbocycles. The molecule has 1 saturated carbocycles. The van der Waals surface area contributed by atoms with Crippen molar-refractivity contribution in [3.8, 4) is 0 Å². The molecule has 1 aromatic rings. The van der Waals surface area contributed by atoms with E-state index in [1.54, 1.807) is 0 Å².